The first-order chi connectivity index (χ1) is 9.47. The van der Waals surface area contributed by atoms with Gasteiger partial charge in [-0.3, -0.25) is 4.79 Å². The average molecular weight is 288 g/mol. The van der Waals surface area contributed by atoms with Crippen LogP contribution >= 0.6 is 0 Å². The Morgan fingerprint density at radius 1 is 1.50 bits per heavy atom. The molecule has 0 saturated carbocycles. The summed E-state index contributed by atoms with van der Waals surface area (Å²) in [6.07, 6.45) is -0.0953. The van der Waals surface area contributed by atoms with Crippen molar-refractivity contribution in [3.63, 3.8) is 0 Å². The van der Waals surface area contributed by atoms with Crippen molar-refractivity contribution in [2.45, 2.75) is 32.4 Å². The van der Waals surface area contributed by atoms with E-state index < -0.39 is 12.0 Å². The van der Waals surface area contributed by atoms with Crippen molar-refractivity contribution < 1.29 is 24.2 Å². The van der Waals surface area contributed by atoms with Gasteiger partial charge >= 0.3 is 12.0 Å². The summed E-state index contributed by atoms with van der Waals surface area (Å²) in [5, 5.41) is 8.93. The Morgan fingerprint density at radius 2 is 2.20 bits per heavy atom. The first-order valence-corrected chi connectivity index (χ1v) is 6.83. The first-order valence-electron chi connectivity index (χ1n) is 6.83. The third-order valence-electron chi connectivity index (χ3n) is 3.29. The van der Waals surface area contributed by atoms with Gasteiger partial charge in [-0.05, 0) is 13.8 Å². The fraction of sp³-hybridized carbons (Fsp3) is 0.846. The quantitative estimate of drug-likeness (QED) is 0.776. The number of carboxylic acid groups (broad SMARTS) is 1. The van der Waals surface area contributed by atoms with Gasteiger partial charge in [0.05, 0.1) is 32.3 Å². The lowest BCUT2D eigenvalue weighted by molar-refractivity contribution is -0.139. The molecule has 1 atom stereocenters. The number of morpholine rings is 1. The van der Waals surface area contributed by atoms with Gasteiger partial charge in [-0.1, -0.05) is 0 Å². The summed E-state index contributed by atoms with van der Waals surface area (Å²) >= 11 is 0. The molecular weight excluding hydrogens is 264 g/mol. The molecule has 2 amide bonds. The molecule has 1 aliphatic rings. The second kappa shape index (κ2) is 8.06. The molecule has 1 heterocycles. The van der Waals surface area contributed by atoms with Crippen LogP contribution in [-0.4, -0.2) is 79.0 Å². The Hall–Kier alpha value is -1.34. The minimum absolute atomic E-state index is 0.0333. The van der Waals surface area contributed by atoms with E-state index in [0.29, 0.717) is 26.3 Å². The summed E-state index contributed by atoms with van der Waals surface area (Å²) in [5.74, 6) is -0.925. The zero-order chi connectivity index (χ0) is 15.1. The molecule has 1 saturated heterocycles. The number of hydrogen-bond acceptors (Lipinski definition) is 4. The predicted octanol–water partition coefficient (Wildman–Crippen LogP) is 0.639. The number of ether oxygens (including phenoxy) is 2. The maximum absolute atomic E-state index is 12.6. The molecule has 0 aromatic heterocycles. The summed E-state index contributed by atoms with van der Waals surface area (Å²) in [5.41, 5.74) is 0. The average Bonchev–Trinajstić information content (AvgIpc) is 2.38. The Morgan fingerprint density at radius 3 is 2.75 bits per heavy atom. The van der Waals surface area contributed by atoms with Gasteiger partial charge < -0.3 is 24.4 Å². The van der Waals surface area contributed by atoms with E-state index in [1.807, 2.05) is 13.8 Å². The lowest BCUT2D eigenvalue weighted by Gasteiger charge is -2.39. The molecule has 7 nitrogen and oxygen atoms in total. The number of carboxylic acids is 1. The van der Waals surface area contributed by atoms with E-state index in [9.17, 15) is 9.59 Å². The van der Waals surface area contributed by atoms with Gasteiger partial charge in [0.1, 0.15) is 0 Å². The van der Waals surface area contributed by atoms with Crippen LogP contribution in [0.4, 0.5) is 4.79 Å². The van der Waals surface area contributed by atoms with Crippen molar-refractivity contribution in [3.05, 3.63) is 0 Å². The highest BCUT2D eigenvalue weighted by molar-refractivity contribution is 5.76. The molecule has 7 heteroatoms. The number of amides is 2. The summed E-state index contributed by atoms with van der Waals surface area (Å²) in [4.78, 5) is 26.8. The van der Waals surface area contributed by atoms with Crippen molar-refractivity contribution in [2.75, 3.05) is 40.0 Å². The third kappa shape index (κ3) is 4.64. The fourth-order valence-corrected chi connectivity index (χ4v) is 2.21. The minimum Gasteiger partial charge on any atom is -0.481 e. The lowest BCUT2D eigenvalue weighted by atomic mass is 10.1. The van der Waals surface area contributed by atoms with E-state index in [0.717, 1.165) is 0 Å². The molecule has 0 aliphatic carbocycles. The molecule has 0 radical (unpaired) electrons. The van der Waals surface area contributed by atoms with Crippen LogP contribution in [0, 0.1) is 0 Å². The Bertz CT molecular complexity index is 335. The van der Waals surface area contributed by atoms with Gasteiger partial charge in [0.15, 0.2) is 0 Å². The predicted molar refractivity (Wildman–Crippen MR) is 72.7 cm³/mol. The summed E-state index contributed by atoms with van der Waals surface area (Å²) in [6, 6.07) is -0.518. The van der Waals surface area contributed by atoms with Crippen LogP contribution in [-0.2, 0) is 14.3 Å². The molecule has 20 heavy (non-hydrogen) atoms. The lowest BCUT2D eigenvalue weighted by Crippen LogP contribution is -2.56. The first kappa shape index (κ1) is 16.7. The minimum atomic E-state index is -0.925. The van der Waals surface area contributed by atoms with E-state index >= 15 is 0 Å². The normalized spacial score (nSPS) is 19.2. The molecule has 1 aliphatic heterocycles. The number of carbonyl (C=O) groups excluding carboxylic acids is 1. The van der Waals surface area contributed by atoms with Gasteiger partial charge in [-0.25, -0.2) is 4.79 Å². The number of hydrogen-bond donors (Lipinski definition) is 1. The summed E-state index contributed by atoms with van der Waals surface area (Å²) < 4.78 is 10.3. The van der Waals surface area contributed by atoms with Crippen molar-refractivity contribution >= 4 is 12.0 Å². The molecular formula is C13H24N2O5. The summed E-state index contributed by atoms with van der Waals surface area (Å²) in [7, 11) is 1.59. The molecule has 116 valence electrons. The maximum atomic E-state index is 12.6. The van der Waals surface area contributed by atoms with E-state index in [4.69, 9.17) is 14.6 Å². The second-order valence-electron chi connectivity index (χ2n) is 5.08. The van der Waals surface area contributed by atoms with Crippen LogP contribution in [0.3, 0.4) is 0 Å². The van der Waals surface area contributed by atoms with E-state index in [1.54, 1.807) is 16.9 Å². The summed E-state index contributed by atoms with van der Waals surface area (Å²) in [6.45, 7) is 5.95. The largest absolute Gasteiger partial charge is 0.481 e. The van der Waals surface area contributed by atoms with Crippen LogP contribution in [0.25, 0.3) is 0 Å². The highest BCUT2D eigenvalue weighted by Crippen LogP contribution is 2.15. The Labute approximate surface area is 119 Å². The van der Waals surface area contributed by atoms with Gasteiger partial charge in [0, 0.05) is 26.2 Å². The molecule has 0 spiro atoms. The van der Waals surface area contributed by atoms with Gasteiger partial charge in [0.2, 0.25) is 0 Å². The molecule has 0 bridgehead atoms. The van der Waals surface area contributed by atoms with Crippen molar-refractivity contribution in [1.29, 1.82) is 0 Å². The number of carbonyl (C=O) groups is 2. The SMILES string of the molecule is COCCN(C(=O)N1CCOCC1CC(=O)O)C(C)C. The second-order valence-corrected chi connectivity index (χ2v) is 5.08. The standard InChI is InChI=1S/C13H24N2O5/c1-10(2)14(4-6-19-3)13(18)15-5-7-20-9-11(15)8-12(16)17/h10-11H,4-9H2,1-3H3,(H,16,17). The monoisotopic (exact) mass is 288 g/mol. The van der Waals surface area contributed by atoms with Crippen LogP contribution < -0.4 is 0 Å². The van der Waals surface area contributed by atoms with Crippen molar-refractivity contribution in [2.24, 2.45) is 0 Å². The van der Waals surface area contributed by atoms with E-state index in [2.05, 4.69) is 0 Å². The number of urea groups is 1. The van der Waals surface area contributed by atoms with E-state index in [1.165, 1.54) is 0 Å². The maximum Gasteiger partial charge on any atom is 0.320 e. The van der Waals surface area contributed by atoms with Crippen molar-refractivity contribution in [3.8, 4) is 0 Å². The number of aliphatic carboxylic acids is 1. The third-order valence-corrected chi connectivity index (χ3v) is 3.29. The fourth-order valence-electron chi connectivity index (χ4n) is 2.21. The van der Waals surface area contributed by atoms with E-state index in [-0.39, 0.29) is 25.1 Å². The van der Waals surface area contributed by atoms with Crippen molar-refractivity contribution in [1.82, 2.24) is 9.80 Å². The highest BCUT2D eigenvalue weighted by atomic mass is 16.5. The van der Waals surface area contributed by atoms with Crippen LogP contribution in [0.5, 0.6) is 0 Å². The van der Waals surface area contributed by atoms with Crippen LogP contribution in [0.2, 0.25) is 0 Å². The topological polar surface area (TPSA) is 79.3 Å². The molecule has 1 fully saturated rings. The molecule has 1 unspecified atom stereocenters. The highest BCUT2D eigenvalue weighted by Gasteiger charge is 2.32. The van der Waals surface area contributed by atoms with Gasteiger partial charge in [-0.15, -0.1) is 0 Å². The number of methoxy groups -OCH3 is 1. The van der Waals surface area contributed by atoms with Gasteiger partial charge in [0.25, 0.3) is 0 Å². The molecule has 0 aromatic carbocycles. The zero-order valence-corrected chi connectivity index (χ0v) is 12.4. The van der Waals surface area contributed by atoms with Crippen LogP contribution in [0.1, 0.15) is 20.3 Å². The molecule has 1 rings (SSSR count). The molecule has 1 N–H and O–H groups in total. The Kier molecular flexibility index (Phi) is 6.74. The Balaban J connectivity index is 2.75. The van der Waals surface area contributed by atoms with Gasteiger partial charge in [-0.2, -0.15) is 0 Å². The smallest absolute Gasteiger partial charge is 0.320 e. The molecule has 0 aromatic rings. The zero-order valence-electron chi connectivity index (χ0n) is 12.4. The number of nitrogens with zero attached hydrogens (tertiary/aromatic N) is 2. The number of rotatable bonds is 6. The van der Waals surface area contributed by atoms with Crippen LogP contribution in [0.15, 0.2) is 0 Å².